The predicted molar refractivity (Wildman–Crippen MR) is 126 cm³/mol. The highest BCUT2D eigenvalue weighted by Crippen LogP contribution is 2.32. The number of hydrogen-bond acceptors (Lipinski definition) is 3. The largest absolute Gasteiger partial charge is 0.299 e. The molecule has 0 unspecified atom stereocenters. The van der Waals surface area contributed by atoms with Crippen molar-refractivity contribution in [2.24, 2.45) is 0 Å². The topological polar surface area (TPSA) is 42.9 Å². The van der Waals surface area contributed by atoms with E-state index in [2.05, 4.69) is 9.97 Å². The molecule has 178 valence electrons. The summed E-state index contributed by atoms with van der Waals surface area (Å²) >= 11 is 0. The number of halogens is 4. The Balaban J connectivity index is 1.47. The van der Waals surface area contributed by atoms with E-state index in [1.165, 1.54) is 37.5 Å². The van der Waals surface area contributed by atoms with Crippen molar-refractivity contribution in [3.05, 3.63) is 107 Å². The van der Waals surface area contributed by atoms with Gasteiger partial charge >= 0.3 is 0 Å². The zero-order valence-electron chi connectivity index (χ0n) is 18.9. The van der Waals surface area contributed by atoms with Crippen LogP contribution in [0.15, 0.2) is 79.1 Å². The monoisotopic (exact) mass is 478 g/mol. The van der Waals surface area contributed by atoms with Crippen molar-refractivity contribution in [2.45, 2.75) is 32.1 Å². The minimum atomic E-state index is -2.88. The van der Waals surface area contributed by atoms with E-state index in [9.17, 15) is 22.4 Å². The number of nitrogens with zero attached hydrogens (tertiary/aromatic N) is 2. The number of rotatable bonds is 8. The van der Waals surface area contributed by atoms with Gasteiger partial charge in [0.05, 0.1) is 11.4 Å². The van der Waals surface area contributed by atoms with Crippen molar-refractivity contribution in [2.75, 3.05) is 0 Å². The van der Waals surface area contributed by atoms with Gasteiger partial charge in [-0.1, -0.05) is 55.5 Å². The van der Waals surface area contributed by atoms with Crippen LogP contribution in [0, 0.1) is 11.6 Å². The molecule has 0 saturated carbocycles. The molecule has 1 aromatic heterocycles. The highest BCUT2D eigenvalue weighted by Gasteiger charge is 2.28. The molecule has 4 rings (SSSR count). The van der Waals surface area contributed by atoms with Crippen molar-refractivity contribution in [1.29, 1.82) is 0 Å². The van der Waals surface area contributed by atoms with Crippen LogP contribution in [0.2, 0.25) is 0 Å². The molecule has 0 spiro atoms. The van der Waals surface area contributed by atoms with Gasteiger partial charge in [0.15, 0.2) is 0 Å². The number of benzene rings is 3. The van der Waals surface area contributed by atoms with Crippen LogP contribution in [0.3, 0.4) is 0 Å². The number of ketones is 1. The summed E-state index contributed by atoms with van der Waals surface area (Å²) in [5.74, 6) is -4.35. The summed E-state index contributed by atoms with van der Waals surface area (Å²) < 4.78 is 55.2. The van der Waals surface area contributed by atoms with E-state index in [1.807, 2.05) is 0 Å². The van der Waals surface area contributed by atoms with Gasteiger partial charge in [-0.15, -0.1) is 0 Å². The Morgan fingerprint density at radius 2 is 1.37 bits per heavy atom. The first-order chi connectivity index (χ1) is 16.8. The number of Topliss-reactive ketones (excluding diaryl/α,β-unsaturated/α-hetero) is 1. The maximum absolute atomic E-state index is 14.3. The van der Waals surface area contributed by atoms with Crippen LogP contribution in [0.5, 0.6) is 0 Å². The normalized spacial score (nSPS) is 11.5. The third kappa shape index (κ3) is 5.62. The van der Waals surface area contributed by atoms with E-state index >= 15 is 0 Å². The zero-order valence-corrected chi connectivity index (χ0v) is 18.9. The summed E-state index contributed by atoms with van der Waals surface area (Å²) in [7, 11) is 0. The van der Waals surface area contributed by atoms with Crippen LogP contribution < -0.4 is 0 Å². The Kier molecular flexibility index (Phi) is 7.05. The highest BCUT2D eigenvalue weighted by atomic mass is 19.3. The predicted octanol–water partition coefficient (Wildman–Crippen LogP) is 6.94. The second-order valence-corrected chi connectivity index (χ2v) is 8.22. The molecule has 1 heterocycles. The molecule has 35 heavy (non-hydrogen) atoms. The van der Waals surface area contributed by atoms with Gasteiger partial charge in [0.1, 0.15) is 17.4 Å². The second-order valence-electron chi connectivity index (χ2n) is 8.22. The average Bonchev–Trinajstić information content (AvgIpc) is 2.85. The fourth-order valence-electron chi connectivity index (χ4n) is 3.80. The lowest BCUT2D eigenvalue weighted by Crippen LogP contribution is -2.12. The summed E-state index contributed by atoms with van der Waals surface area (Å²) in [6, 6.07) is 16.2. The van der Waals surface area contributed by atoms with Gasteiger partial charge in [-0.05, 0) is 23.3 Å². The van der Waals surface area contributed by atoms with E-state index < -0.39 is 17.6 Å². The van der Waals surface area contributed by atoms with Gasteiger partial charge in [0, 0.05) is 54.4 Å². The Morgan fingerprint density at radius 3 is 1.94 bits per heavy atom. The molecule has 3 aromatic carbocycles. The van der Waals surface area contributed by atoms with Crippen LogP contribution in [-0.4, -0.2) is 15.8 Å². The molecule has 0 aliphatic carbocycles. The first kappa shape index (κ1) is 24.3. The second kappa shape index (κ2) is 10.2. The maximum atomic E-state index is 14.3. The van der Waals surface area contributed by atoms with Crippen LogP contribution >= 0.6 is 0 Å². The third-order valence-electron chi connectivity index (χ3n) is 5.73. The van der Waals surface area contributed by atoms with Crippen molar-refractivity contribution < 1.29 is 22.4 Å². The number of alkyl halides is 2. The minimum Gasteiger partial charge on any atom is -0.299 e. The van der Waals surface area contributed by atoms with E-state index in [4.69, 9.17) is 0 Å². The third-order valence-corrected chi connectivity index (χ3v) is 5.73. The number of hydrogen-bond donors (Lipinski definition) is 0. The lowest BCUT2D eigenvalue weighted by atomic mass is 9.98. The van der Waals surface area contributed by atoms with Gasteiger partial charge in [-0.3, -0.25) is 14.8 Å². The van der Waals surface area contributed by atoms with Crippen molar-refractivity contribution in [3.8, 4) is 22.5 Å². The van der Waals surface area contributed by atoms with Gasteiger partial charge in [0.2, 0.25) is 0 Å². The molecule has 0 saturated heterocycles. The van der Waals surface area contributed by atoms with E-state index in [0.29, 0.717) is 16.8 Å². The van der Waals surface area contributed by atoms with Crippen molar-refractivity contribution in [3.63, 3.8) is 0 Å². The standard InChI is InChI=1S/C28H22F4N2O/c1-2-28(31,32)21-9-5-19(6-10-21)16-23(35)15-18-3-7-20(8-4-18)26-27(34-14-13-33-26)24-12-11-22(29)17-25(24)30/h3-14,17H,2,15-16H2,1H3. The maximum Gasteiger partial charge on any atom is 0.273 e. The Labute approximate surface area is 200 Å². The van der Waals surface area contributed by atoms with Crippen LogP contribution in [-0.2, 0) is 23.6 Å². The quantitative estimate of drug-likeness (QED) is 0.258. The molecular formula is C28H22F4N2O. The summed E-state index contributed by atoms with van der Waals surface area (Å²) in [4.78, 5) is 21.1. The van der Waals surface area contributed by atoms with E-state index in [0.717, 1.165) is 17.7 Å². The number of aromatic nitrogens is 2. The molecule has 0 radical (unpaired) electrons. The Bertz CT molecular complexity index is 1340. The zero-order chi connectivity index (χ0) is 25.0. The molecule has 0 N–H and O–H groups in total. The van der Waals surface area contributed by atoms with E-state index in [-0.39, 0.29) is 41.9 Å². The highest BCUT2D eigenvalue weighted by molar-refractivity contribution is 5.83. The first-order valence-corrected chi connectivity index (χ1v) is 11.1. The lowest BCUT2D eigenvalue weighted by molar-refractivity contribution is -0.117. The molecule has 7 heteroatoms. The van der Waals surface area contributed by atoms with Gasteiger partial charge in [-0.25, -0.2) is 17.6 Å². The summed E-state index contributed by atoms with van der Waals surface area (Å²) in [6.07, 6.45) is 2.95. The van der Waals surface area contributed by atoms with Gasteiger partial charge < -0.3 is 0 Å². The molecule has 0 bridgehead atoms. The van der Waals surface area contributed by atoms with Crippen LogP contribution in [0.4, 0.5) is 17.6 Å². The Morgan fingerprint density at radius 1 is 0.800 bits per heavy atom. The summed E-state index contributed by atoms with van der Waals surface area (Å²) in [5, 5.41) is 0. The smallest absolute Gasteiger partial charge is 0.273 e. The molecule has 0 aliphatic heterocycles. The van der Waals surface area contributed by atoms with Crippen LogP contribution in [0.1, 0.15) is 30.0 Å². The van der Waals surface area contributed by atoms with Crippen molar-refractivity contribution in [1.82, 2.24) is 9.97 Å². The SMILES string of the molecule is CCC(F)(F)c1ccc(CC(=O)Cc2ccc(-c3nccnc3-c3ccc(F)cc3F)cc2)cc1. The van der Waals surface area contributed by atoms with Gasteiger partial charge in [-0.2, -0.15) is 0 Å². The molecule has 0 atom stereocenters. The minimum absolute atomic E-state index is 0.0543. The summed E-state index contributed by atoms with van der Waals surface area (Å²) in [6.45, 7) is 1.43. The molecule has 4 aromatic rings. The molecule has 0 aliphatic rings. The Hall–Kier alpha value is -3.87. The molecule has 0 fully saturated rings. The lowest BCUT2D eigenvalue weighted by Gasteiger charge is -2.14. The number of carbonyl (C=O) groups is 1. The van der Waals surface area contributed by atoms with Crippen molar-refractivity contribution >= 4 is 5.78 Å². The summed E-state index contributed by atoms with van der Waals surface area (Å²) in [5.41, 5.74) is 2.90. The molecule has 3 nitrogen and oxygen atoms in total. The number of carbonyl (C=O) groups excluding carboxylic acids is 1. The molecule has 0 amide bonds. The van der Waals surface area contributed by atoms with E-state index in [1.54, 1.807) is 36.4 Å². The van der Waals surface area contributed by atoms with Crippen LogP contribution in [0.25, 0.3) is 22.5 Å². The van der Waals surface area contributed by atoms with Gasteiger partial charge in [0.25, 0.3) is 5.92 Å². The first-order valence-electron chi connectivity index (χ1n) is 11.1. The fraction of sp³-hybridized carbons (Fsp3) is 0.179. The average molecular weight is 478 g/mol. The fourth-order valence-corrected chi connectivity index (χ4v) is 3.80. The molecular weight excluding hydrogens is 456 g/mol.